The summed E-state index contributed by atoms with van der Waals surface area (Å²) in [6, 6.07) is -0.520. The molecule has 6 nitrogen and oxygen atoms in total. The minimum absolute atomic E-state index is 0.00640. The molecule has 0 bridgehead atoms. The Morgan fingerprint density at radius 2 is 2.24 bits per heavy atom. The van der Waals surface area contributed by atoms with Crippen molar-refractivity contribution in [3.8, 4) is 0 Å². The number of aliphatic carboxylic acids is 1. The summed E-state index contributed by atoms with van der Waals surface area (Å²) in [7, 11) is -1.26. The number of nitrogens with one attached hydrogen (secondary N) is 1. The van der Waals surface area contributed by atoms with Gasteiger partial charge in [-0.05, 0) is 18.5 Å². The van der Waals surface area contributed by atoms with Gasteiger partial charge < -0.3 is 10.4 Å². The van der Waals surface area contributed by atoms with Crippen molar-refractivity contribution in [1.29, 1.82) is 0 Å². The van der Waals surface area contributed by atoms with Crippen LogP contribution in [-0.4, -0.2) is 55.1 Å². The molecule has 2 heterocycles. The Bertz CT molecular complexity index is 508. The van der Waals surface area contributed by atoms with E-state index in [9.17, 15) is 18.9 Å². The smallest absolute Gasteiger partial charge is 0.352 e. The predicted octanol–water partition coefficient (Wildman–Crippen LogP) is 0.799. The third kappa shape index (κ3) is 3.07. The number of halogens is 1. The van der Waals surface area contributed by atoms with E-state index >= 15 is 0 Å². The SMILES string of the molecule is CCCCCN[C@@H]1C(=O)N2C(C(=O)O)=C(CBr)CS(=O)[C@@H]12. The van der Waals surface area contributed by atoms with Crippen LogP contribution in [0.4, 0.5) is 0 Å². The molecular formula is C13H19BrN2O4S. The Balaban J connectivity index is 2.12. The van der Waals surface area contributed by atoms with Crippen LogP contribution in [-0.2, 0) is 20.4 Å². The van der Waals surface area contributed by atoms with Gasteiger partial charge in [-0.2, -0.15) is 0 Å². The van der Waals surface area contributed by atoms with Crippen LogP contribution in [0.25, 0.3) is 0 Å². The molecule has 0 aliphatic carbocycles. The number of nitrogens with zero attached hydrogens (tertiary/aromatic N) is 1. The minimum atomic E-state index is -1.26. The van der Waals surface area contributed by atoms with Crippen molar-refractivity contribution in [3.63, 3.8) is 0 Å². The van der Waals surface area contributed by atoms with Crippen molar-refractivity contribution in [1.82, 2.24) is 10.2 Å². The zero-order chi connectivity index (χ0) is 15.6. The van der Waals surface area contributed by atoms with Crippen LogP contribution >= 0.6 is 15.9 Å². The first-order valence-electron chi connectivity index (χ1n) is 6.97. The van der Waals surface area contributed by atoms with Gasteiger partial charge in [-0.3, -0.25) is 13.9 Å². The Kier molecular flexibility index (Phi) is 5.56. The van der Waals surface area contributed by atoms with Crippen molar-refractivity contribution in [2.45, 2.75) is 37.6 Å². The first-order chi connectivity index (χ1) is 10.0. The third-order valence-electron chi connectivity index (χ3n) is 3.71. The predicted molar refractivity (Wildman–Crippen MR) is 83.4 cm³/mol. The summed E-state index contributed by atoms with van der Waals surface area (Å²) in [6.07, 6.45) is 3.11. The molecular weight excluding hydrogens is 360 g/mol. The molecule has 0 radical (unpaired) electrons. The van der Waals surface area contributed by atoms with Crippen LogP contribution in [0.5, 0.6) is 0 Å². The average Bonchev–Trinajstić information content (AvgIpc) is 2.45. The summed E-state index contributed by atoms with van der Waals surface area (Å²) < 4.78 is 12.3. The number of carbonyl (C=O) groups excluding carboxylic acids is 1. The van der Waals surface area contributed by atoms with Crippen LogP contribution < -0.4 is 5.32 Å². The highest BCUT2D eigenvalue weighted by Crippen LogP contribution is 2.35. The summed E-state index contributed by atoms with van der Waals surface area (Å²) in [4.78, 5) is 24.8. The number of fused-ring (bicyclic) bond motifs is 1. The number of β-lactam (4-membered cyclic amide) rings is 1. The van der Waals surface area contributed by atoms with E-state index in [4.69, 9.17) is 0 Å². The minimum Gasteiger partial charge on any atom is -0.477 e. The van der Waals surface area contributed by atoms with Gasteiger partial charge in [0.25, 0.3) is 0 Å². The quantitative estimate of drug-likeness (QED) is 0.388. The molecule has 2 N–H and O–H groups in total. The van der Waals surface area contributed by atoms with E-state index in [0.29, 0.717) is 17.4 Å². The van der Waals surface area contributed by atoms with Gasteiger partial charge in [0.2, 0.25) is 5.91 Å². The maximum atomic E-state index is 12.3. The molecule has 0 saturated carbocycles. The van der Waals surface area contributed by atoms with Crippen molar-refractivity contribution in [2.24, 2.45) is 0 Å². The second kappa shape index (κ2) is 7.02. The zero-order valence-corrected chi connectivity index (χ0v) is 14.2. The molecule has 3 atom stereocenters. The fourth-order valence-electron chi connectivity index (χ4n) is 2.64. The monoisotopic (exact) mass is 378 g/mol. The molecule has 2 rings (SSSR count). The highest BCUT2D eigenvalue weighted by Gasteiger charge is 2.56. The molecule has 0 spiro atoms. The lowest BCUT2D eigenvalue weighted by Gasteiger charge is -2.49. The summed E-state index contributed by atoms with van der Waals surface area (Å²) in [5.41, 5.74) is 0.503. The second-order valence-corrected chi connectivity index (χ2v) is 7.25. The maximum Gasteiger partial charge on any atom is 0.352 e. The van der Waals surface area contributed by atoms with Gasteiger partial charge in [0.15, 0.2) is 0 Å². The van der Waals surface area contributed by atoms with E-state index in [1.807, 2.05) is 0 Å². The topological polar surface area (TPSA) is 86.7 Å². The summed E-state index contributed by atoms with van der Waals surface area (Å²) in [5, 5.41) is 12.2. The van der Waals surface area contributed by atoms with Gasteiger partial charge in [0.05, 0.1) is 16.6 Å². The number of amides is 1. The van der Waals surface area contributed by atoms with Crippen LogP contribution in [0.3, 0.4) is 0 Å². The van der Waals surface area contributed by atoms with Crippen LogP contribution in [0.15, 0.2) is 11.3 Å². The zero-order valence-electron chi connectivity index (χ0n) is 11.8. The van der Waals surface area contributed by atoms with E-state index in [1.54, 1.807) is 0 Å². The summed E-state index contributed by atoms with van der Waals surface area (Å²) in [5.74, 6) is -1.22. The standard InChI is InChI=1S/C13H19BrN2O4S/c1-2-3-4-5-15-9-11(17)16-10(13(18)19)8(6-14)7-21(20)12(9)16/h9,12,15H,2-7H2,1H3,(H,18,19)/t9-,12+,21?/m1/s1. The summed E-state index contributed by atoms with van der Waals surface area (Å²) >= 11 is 3.20. The number of rotatable bonds is 7. The Morgan fingerprint density at radius 1 is 1.52 bits per heavy atom. The maximum absolute atomic E-state index is 12.3. The van der Waals surface area contributed by atoms with Gasteiger partial charge in [-0.15, -0.1) is 0 Å². The molecule has 2 aliphatic rings. The lowest BCUT2D eigenvalue weighted by Crippen LogP contribution is -2.73. The molecule has 21 heavy (non-hydrogen) atoms. The number of hydrogen-bond donors (Lipinski definition) is 2. The van der Waals surface area contributed by atoms with Gasteiger partial charge in [0.1, 0.15) is 17.1 Å². The van der Waals surface area contributed by atoms with Gasteiger partial charge in [-0.25, -0.2) is 4.79 Å². The first kappa shape index (κ1) is 16.6. The second-order valence-electron chi connectivity index (χ2n) is 5.15. The number of alkyl halides is 1. The molecule has 1 amide bonds. The Labute approximate surface area is 134 Å². The van der Waals surface area contributed by atoms with Gasteiger partial charge >= 0.3 is 5.97 Å². The number of carbonyl (C=O) groups is 2. The first-order valence-corrected chi connectivity index (χ1v) is 9.48. The Hall–Kier alpha value is -0.730. The summed E-state index contributed by atoms with van der Waals surface area (Å²) in [6.45, 7) is 2.78. The van der Waals surface area contributed by atoms with Crippen molar-refractivity contribution >= 4 is 38.6 Å². The largest absolute Gasteiger partial charge is 0.477 e. The highest BCUT2D eigenvalue weighted by atomic mass is 79.9. The van der Waals surface area contributed by atoms with Crippen molar-refractivity contribution in [3.05, 3.63) is 11.3 Å². The fourth-order valence-corrected chi connectivity index (χ4v) is 5.08. The van der Waals surface area contributed by atoms with Crippen molar-refractivity contribution < 1.29 is 18.9 Å². The molecule has 118 valence electrons. The lowest BCUT2D eigenvalue weighted by molar-refractivity contribution is -0.149. The highest BCUT2D eigenvalue weighted by molar-refractivity contribution is 9.09. The molecule has 8 heteroatoms. The number of unbranched alkanes of at least 4 members (excludes halogenated alkanes) is 2. The molecule has 0 aromatic heterocycles. The van der Waals surface area contributed by atoms with Gasteiger partial charge in [-0.1, -0.05) is 35.7 Å². The molecule has 1 saturated heterocycles. The van der Waals surface area contributed by atoms with Crippen LogP contribution in [0.2, 0.25) is 0 Å². The fraction of sp³-hybridized carbons (Fsp3) is 0.692. The van der Waals surface area contributed by atoms with Crippen LogP contribution in [0, 0.1) is 0 Å². The van der Waals surface area contributed by atoms with E-state index in [1.165, 1.54) is 4.90 Å². The third-order valence-corrected chi connectivity index (χ3v) is 6.04. The lowest BCUT2D eigenvalue weighted by atomic mass is 10.0. The van der Waals surface area contributed by atoms with E-state index in [0.717, 1.165) is 19.3 Å². The number of hydrogen-bond acceptors (Lipinski definition) is 4. The normalized spacial score (nSPS) is 28.4. The van der Waals surface area contributed by atoms with Crippen molar-refractivity contribution in [2.75, 3.05) is 17.6 Å². The molecule has 1 unspecified atom stereocenters. The van der Waals surface area contributed by atoms with E-state index in [2.05, 4.69) is 28.2 Å². The Morgan fingerprint density at radius 3 is 2.81 bits per heavy atom. The molecule has 0 aromatic carbocycles. The number of carboxylic acids is 1. The number of carboxylic acid groups (broad SMARTS) is 1. The van der Waals surface area contributed by atoms with E-state index in [-0.39, 0.29) is 17.4 Å². The van der Waals surface area contributed by atoms with E-state index < -0.39 is 28.2 Å². The molecule has 2 aliphatic heterocycles. The molecule has 0 aromatic rings. The molecule has 1 fully saturated rings. The van der Waals surface area contributed by atoms with Gasteiger partial charge in [0, 0.05) is 5.33 Å². The average molecular weight is 379 g/mol. The van der Waals surface area contributed by atoms with Crippen LogP contribution in [0.1, 0.15) is 26.2 Å².